The summed E-state index contributed by atoms with van der Waals surface area (Å²) in [4.78, 5) is 4.10. The Hall–Kier alpha value is -1.08. The molecule has 1 heterocycles. The molecular weight excluding hydrogens is 232 g/mol. The Bertz CT molecular complexity index is 318. The molecule has 0 radical (unpaired) electrons. The average Bonchev–Trinajstić information content (AvgIpc) is 2.69. The summed E-state index contributed by atoms with van der Waals surface area (Å²) in [5, 5.41) is 3.72. The van der Waals surface area contributed by atoms with Crippen LogP contribution in [-0.4, -0.2) is 35.8 Å². The number of aromatic nitrogens is 2. The van der Waals surface area contributed by atoms with Crippen molar-refractivity contribution in [3.05, 3.63) is 11.7 Å². The van der Waals surface area contributed by atoms with Crippen molar-refractivity contribution in [3.8, 4) is 0 Å². The van der Waals surface area contributed by atoms with Crippen LogP contribution in [0.2, 0.25) is 0 Å². The molecular formula is C10H17F2N3O2. The Kier molecular flexibility index (Phi) is 5.99. The summed E-state index contributed by atoms with van der Waals surface area (Å²) in [5.41, 5.74) is 5.59. The van der Waals surface area contributed by atoms with E-state index in [1.165, 1.54) is 0 Å². The highest BCUT2D eigenvalue weighted by Crippen LogP contribution is 2.03. The SMILES string of the molecule is CC(N)CCc1nc(CCOCC(F)F)no1. The van der Waals surface area contributed by atoms with Gasteiger partial charge in [0.1, 0.15) is 6.61 Å². The number of ether oxygens (including phenoxy) is 1. The van der Waals surface area contributed by atoms with Crippen molar-refractivity contribution in [2.24, 2.45) is 5.73 Å². The van der Waals surface area contributed by atoms with Crippen molar-refractivity contribution in [2.45, 2.75) is 38.7 Å². The highest BCUT2D eigenvalue weighted by atomic mass is 19.3. The summed E-state index contributed by atoms with van der Waals surface area (Å²) in [5.74, 6) is 0.991. The number of rotatable bonds is 8. The smallest absolute Gasteiger partial charge is 0.261 e. The fraction of sp³-hybridized carbons (Fsp3) is 0.800. The fourth-order valence-electron chi connectivity index (χ4n) is 1.18. The average molecular weight is 249 g/mol. The number of nitrogens with two attached hydrogens (primary N) is 1. The van der Waals surface area contributed by atoms with Gasteiger partial charge in [0.25, 0.3) is 6.43 Å². The van der Waals surface area contributed by atoms with Crippen molar-refractivity contribution in [1.82, 2.24) is 10.1 Å². The lowest BCUT2D eigenvalue weighted by atomic mass is 10.2. The first-order valence-corrected chi connectivity index (χ1v) is 5.51. The molecule has 1 unspecified atom stereocenters. The van der Waals surface area contributed by atoms with Crippen LogP contribution in [0.25, 0.3) is 0 Å². The van der Waals surface area contributed by atoms with Gasteiger partial charge in [0.15, 0.2) is 5.82 Å². The van der Waals surface area contributed by atoms with Gasteiger partial charge < -0.3 is 15.0 Å². The molecule has 0 spiro atoms. The number of alkyl halides is 2. The van der Waals surface area contributed by atoms with E-state index in [1.54, 1.807) is 0 Å². The van der Waals surface area contributed by atoms with Gasteiger partial charge in [0.2, 0.25) is 5.89 Å². The molecule has 0 amide bonds. The van der Waals surface area contributed by atoms with Crippen LogP contribution in [0.3, 0.4) is 0 Å². The van der Waals surface area contributed by atoms with Crippen molar-refractivity contribution < 1.29 is 18.0 Å². The molecule has 17 heavy (non-hydrogen) atoms. The van der Waals surface area contributed by atoms with E-state index in [4.69, 9.17) is 15.0 Å². The summed E-state index contributed by atoms with van der Waals surface area (Å²) in [6.07, 6.45) is -0.678. The van der Waals surface area contributed by atoms with Gasteiger partial charge in [-0.3, -0.25) is 0 Å². The van der Waals surface area contributed by atoms with E-state index in [0.717, 1.165) is 6.42 Å². The lowest BCUT2D eigenvalue weighted by molar-refractivity contribution is 0.0182. The fourth-order valence-corrected chi connectivity index (χ4v) is 1.18. The van der Waals surface area contributed by atoms with E-state index >= 15 is 0 Å². The molecule has 98 valence electrons. The molecule has 2 N–H and O–H groups in total. The molecule has 5 nitrogen and oxygen atoms in total. The molecule has 0 bridgehead atoms. The van der Waals surface area contributed by atoms with Crippen LogP contribution in [0.5, 0.6) is 0 Å². The molecule has 0 aromatic carbocycles. The van der Waals surface area contributed by atoms with Gasteiger partial charge in [0.05, 0.1) is 6.61 Å². The number of hydrogen-bond acceptors (Lipinski definition) is 5. The summed E-state index contributed by atoms with van der Waals surface area (Å²) in [6, 6.07) is 0.0831. The van der Waals surface area contributed by atoms with Crippen LogP contribution >= 0.6 is 0 Å². The minimum absolute atomic E-state index is 0.0831. The second-order valence-corrected chi connectivity index (χ2v) is 3.84. The maximum Gasteiger partial charge on any atom is 0.261 e. The van der Waals surface area contributed by atoms with E-state index in [2.05, 4.69) is 10.1 Å². The van der Waals surface area contributed by atoms with E-state index in [9.17, 15) is 8.78 Å². The molecule has 7 heteroatoms. The Morgan fingerprint density at radius 1 is 1.41 bits per heavy atom. The zero-order valence-corrected chi connectivity index (χ0v) is 9.73. The monoisotopic (exact) mass is 249 g/mol. The molecule has 0 saturated heterocycles. The van der Waals surface area contributed by atoms with Crippen LogP contribution in [0.4, 0.5) is 8.78 Å². The lowest BCUT2D eigenvalue weighted by Crippen LogP contribution is -2.15. The maximum atomic E-state index is 11.8. The normalized spacial score (nSPS) is 13.2. The molecule has 0 aliphatic rings. The van der Waals surface area contributed by atoms with Crippen LogP contribution in [-0.2, 0) is 17.6 Å². The molecule has 0 saturated carbocycles. The van der Waals surface area contributed by atoms with Gasteiger partial charge in [-0.25, -0.2) is 8.78 Å². The first-order chi connectivity index (χ1) is 8.08. The van der Waals surface area contributed by atoms with Crippen molar-refractivity contribution in [3.63, 3.8) is 0 Å². The minimum atomic E-state index is -2.44. The second kappa shape index (κ2) is 7.29. The third kappa shape index (κ3) is 6.28. The van der Waals surface area contributed by atoms with Gasteiger partial charge in [-0.15, -0.1) is 0 Å². The van der Waals surface area contributed by atoms with Gasteiger partial charge in [-0.1, -0.05) is 5.16 Å². The Morgan fingerprint density at radius 3 is 2.82 bits per heavy atom. The first kappa shape index (κ1) is 14.0. The van der Waals surface area contributed by atoms with Crippen LogP contribution in [0, 0.1) is 0 Å². The van der Waals surface area contributed by atoms with Crippen molar-refractivity contribution in [1.29, 1.82) is 0 Å². The van der Waals surface area contributed by atoms with Crippen molar-refractivity contribution >= 4 is 0 Å². The topological polar surface area (TPSA) is 74.2 Å². The standard InChI is InChI=1S/C10H17F2N3O2/c1-7(13)2-3-10-14-9(15-17-10)4-5-16-6-8(11)12/h7-8H,2-6,13H2,1H3. The summed E-state index contributed by atoms with van der Waals surface area (Å²) < 4.78 is 33.2. The number of halogens is 2. The predicted octanol–water partition coefficient (Wildman–Crippen LogP) is 1.17. The zero-order valence-electron chi connectivity index (χ0n) is 9.73. The molecule has 1 aromatic rings. The molecule has 1 atom stereocenters. The van der Waals surface area contributed by atoms with E-state index in [1.807, 2.05) is 6.92 Å². The molecule has 0 fully saturated rings. The number of hydrogen-bond donors (Lipinski definition) is 1. The van der Waals surface area contributed by atoms with Gasteiger partial charge >= 0.3 is 0 Å². The largest absolute Gasteiger partial charge is 0.375 e. The minimum Gasteiger partial charge on any atom is -0.375 e. The zero-order chi connectivity index (χ0) is 12.7. The van der Waals surface area contributed by atoms with E-state index in [0.29, 0.717) is 24.6 Å². The highest BCUT2D eigenvalue weighted by Gasteiger charge is 2.08. The van der Waals surface area contributed by atoms with Gasteiger partial charge in [-0.05, 0) is 13.3 Å². The Balaban J connectivity index is 2.21. The van der Waals surface area contributed by atoms with Gasteiger partial charge in [-0.2, -0.15) is 4.98 Å². The summed E-state index contributed by atoms with van der Waals surface area (Å²) >= 11 is 0. The molecule has 1 aromatic heterocycles. The quantitative estimate of drug-likeness (QED) is 0.700. The van der Waals surface area contributed by atoms with Crippen LogP contribution < -0.4 is 5.73 Å². The van der Waals surface area contributed by atoms with Crippen LogP contribution in [0.15, 0.2) is 4.52 Å². The van der Waals surface area contributed by atoms with E-state index < -0.39 is 13.0 Å². The number of aryl methyl sites for hydroxylation is 1. The first-order valence-electron chi connectivity index (χ1n) is 5.51. The third-order valence-electron chi connectivity index (χ3n) is 2.04. The highest BCUT2D eigenvalue weighted by molar-refractivity contribution is 4.87. The third-order valence-corrected chi connectivity index (χ3v) is 2.04. The van der Waals surface area contributed by atoms with Crippen molar-refractivity contribution in [2.75, 3.05) is 13.2 Å². The van der Waals surface area contributed by atoms with E-state index in [-0.39, 0.29) is 12.6 Å². The molecule has 0 aliphatic carbocycles. The number of nitrogens with zero attached hydrogens (tertiary/aromatic N) is 2. The summed E-state index contributed by atoms with van der Waals surface area (Å²) in [7, 11) is 0. The molecule has 1 rings (SSSR count). The Morgan fingerprint density at radius 2 is 2.18 bits per heavy atom. The van der Waals surface area contributed by atoms with Gasteiger partial charge in [0, 0.05) is 18.9 Å². The summed E-state index contributed by atoms with van der Waals surface area (Å²) in [6.45, 7) is 1.50. The van der Waals surface area contributed by atoms with Crippen LogP contribution in [0.1, 0.15) is 25.1 Å². The predicted molar refractivity (Wildman–Crippen MR) is 56.8 cm³/mol. The Labute approximate surface area is 98.3 Å². The molecule has 0 aliphatic heterocycles. The second-order valence-electron chi connectivity index (χ2n) is 3.84. The maximum absolute atomic E-state index is 11.8. The lowest BCUT2D eigenvalue weighted by Gasteiger charge is -2.00.